The topological polar surface area (TPSA) is 88.0 Å². The predicted molar refractivity (Wildman–Crippen MR) is 120 cm³/mol. The maximum Gasteiger partial charge on any atom is 0.416 e. The number of amides is 1. The van der Waals surface area contributed by atoms with Crippen molar-refractivity contribution in [2.45, 2.75) is 6.18 Å². The minimum atomic E-state index is -4.68. The number of halogens is 4. The van der Waals surface area contributed by atoms with E-state index in [4.69, 9.17) is 28.6 Å². The molecule has 1 heterocycles. The number of nitrogens with one attached hydrogen (secondary N) is 1. The summed E-state index contributed by atoms with van der Waals surface area (Å²) in [6, 6.07) is 6.98. The van der Waals surface area contributed by atoms with Gasteiger partial charge in [-0.25, -0.2) is 0 Å². The van der Waals surface area contributed by atoms with Crippen LogP contribution in [0.1, 0.15) is 15.9 Å². The number of nitrogens with zero attached hydrogens (tertiary/aromatic N) is 3. The smallest absolute Gasteiger partial charge is 0.416 e. The van der Waals surface area contributed by atoms with E-state index in [2.05, 4.69) is 5.32 Å². The first kappa shape index (κ1) is 24.5. The van der Waals surface area contributed by atoms with Crippen LogP contribution in [0.25, 0.3) is 0 Å². The maximum absolute atomic E-state index is 12.9. The number of hydrogen-bond donors (Lipinski definition) is 1. The number of methoxy groups -OCH3 is 1. The van der Waals surface area contributed by atoms with Gasteiger partial charge < -0.3 is 14.5 Å². The minimum Gasteiger partial charge on any atom is -0.495 e. The van der Waals surface area contributed by atoms with Crippen LogP contribution in [0.5, 0.6) is 5.75 Å². The Balaban J connectivity index is 1.65. The Hall–Kier alpha value is -3.12. The average Bonchev–Trinajstić information content (AvgIpc) is 2.78. The van der Waals surface area contributed by atoms with Crippen molar-refractivity contribution in [2.24, 2.45) is 0 Å². The van der Waals surface area contributed by atoms with E-state index in [0.29, 0.717) is 24.9 Å². The molecule has 1 saturated heterocycles. The van der Waals surface area contributed by atoms with Crippen molar-refractivity contribution in [3.05, 3.63) is 62.7 Å². The van der Waals surface area contributed by atoms with Gasteiger partial charge in [-0.3, -0.25) is 20.2 Å². The highest BCUT2D eigenvalue weighted by Crippen LogP contribution is 2.36. The normalized spacial score (nSPS) is 14.1. The van der Waals surface area contributed by atoms with Crippen LogP contribution < -0.4 is 15.0 Å². The zero-order chi connectivity index (χ0) is 24.3. The number of piperazine rings is 1. The third kappa shape index (κ3) is 5.63. The molecule has 2 aromatic carbocycles. The second-order valence-corrected chi connectivity index (χ2v) is 7.83. The lowest BCUT2D eigenvalue weighted by atomic mass is 10.1. The number of benzene rings is 2. The molecule has 1 amide bonds. The van der Waals surface area contributed by atoms with Crippen LogP contribution in [0, 0.1) is 10.1 Å². The molecule has 0 unspecified atom stereocenters. The highest BCUT2D eigenvalue weighted by Gasteiger charge is 2.34. The molecule has 1 fully saturated rings. The van der Waals surface area contributed by atoms with Gasteiger partial charge >= 0.3 is 6.18 Å². The second kappa shape index (κ2) is 9.79. The molecular formula is C20H18ClF3N4O4S. The monoisotopic (exact) mass is 502 g/mol. The summed E-state index contributed by atoms with van der Waals surface area (Å²) in [4.78, 5) is 26.3. The Bertz CT molecular complexity index is 1090. The fraction of sp³-hybridized carbons (Fsp3) is 0.300. The molecule has 33 heavy (non-hydrogen) atoms. The molecule has 0 aromatic heterocycles. The number of carbonyl (C=O) groups excluding carboxylic acids is 1. The van der Waals surface area contributed by atoms with E-state index >= 15 is 0 Å². The molecule has 1 aliphatic rings. The molecule has 2 aromatic rings. The SMILES string of the molecule is COc1ccc(C(=O)NC(=S)N2CCN(c3ccc(C(F)(F)F)cc3[N+](=O)[O-])CC2)cc1Cl. The van der Waals surface area contributed by atoms with E-state index in [1.165, 1.54) is 19.2 Å². The van der Waals surface area contributed by atoms with Gasteiger partial charge in [0.05, 0.1) is 22.6 Å². The summed E-state index contributed by atoms with van der Waals surface area (Å²) in [5.74, 6) is -0.0466. The van der Waals surface area contributed by atoms with Crippen LogP contribution in [0.15, 0.2) is 36.4 Å². The Morgan fingerprint density at radius 1 is 1.18 bits per heavy atom. The van der Waals surface area contributed by atoms with E-state index < -0.39 is 28.3 Å². The van der Waals surface area contributed by atoms with Gasteiger partial charge in [0.2, 0.25) is 0 Å². The summed E-state index contributed by atoms with van der Waals surface area (Å²) in [5.41, 5.74) is -1.33. The van der Waals surface area contributed by atoms with Gasteiger partial charge in [-0.05, 0) is 42.5 Å². The number of rotatable bonds is 4. The third-order valence-electron chi connectivity index (χ3n) is 5.04. The molecule has 8 nitrogen and oxygen atoms in total. The summed E-state index contributed by atoms with van der Waals surface area (Å²) >= 11 is 11.3. The molecule has 13 heteroatoms. The lowest BCUT2D eigenvalue weighted by Crippen LogP contribution is -2.52. The number of nitro benzene ring substituents is 1. The number of hydrogen-bond acceptors (Lipinski definition) is 6. The first-order valence-corrected chi connectivity index (χ1v) is 10.3. The fourth-order valence-electron chi connectivity index (χ4n) is 3.32. The van der Waals surface area contributed by atoms with Crippen molar-refractivity contribution in [1.29, 1.82) is 0 Å². The number of carbonyl (C=O) groups is 1. The molecule has 0 spiro atoms. The van der Waals surface area contributed by atoms with Crippen LogP contribution in [0.2, 0.25) is 5.02 Å². The van der Waals surface area contributed by atoms with E-state index in [1.807, 2.05) is 0 Å². The van der Waals surface area contributed by atoms with Gasteiger partial charge in [-0.2, -0.15) is 13.2 Å². The average molecular weight is 503 g/mol. The van der Waals surface area contributed by atoms with Gasteiger partial charge in [0.1, 0.15) is 11.4 Å². The predicted octanol–water partition coefficient (Wildman–Crippen LogP) is 4.11. The fourth-order valence-corrected chi connectivity index (χ4v) is 3.85. The number of alkyl halides is 3. The summed E-state index contributed by atoms with van der Waals surface area (Å²) in [7, 11) is 1.45. The lowest BCUT2D eigenvalue weighted by molar-refractivity contribution is -0.384. The van der Waals surface area contributed by atoms with Crippen LogP contribution in [0.3, 0.4) is 0 Å². The Morgan fingerprint density at radius 2 is 1.85 bits per heavy atom. The van der Waals surface area contributed by atoms with Crippen molar-refractivity contribution in [3.8, 4) is 5.75 Å². The quantitative estimate of drug-likeness (QED) is 0.382. The Labute approximate surface area is 197 Å². The van der Waals surface area contributed by atoms with Crippen LogP contribution in [0.4, 0.5) is 24.5 Å². The van der Waals surface area contributed by atoms with Gasteiger partial charge in [-0.1, -0.05) is 11.6 Å². The minimum absolute atomic E-state index is 0.0930. The van der Waals surface area contributed by atoms with Gasteiger partial charge in [0.25, 0.3) is 11.6 Å². The standard InChI is InChI=1S/C20H18ClF3N4O4S/c1-32-17-5-2-12(10-14(17)21)18(29)25-19(33)27-8-6-26(7-9-27)15-4-3-13(20(22,23)24)11-16(15)28(30)31/h2-5,10-11H,6-9H2,1H3,(H,25,29,33). The highest BCUT2D eigenvalue weighted by atomic mass is 35.5. The van der Waals surface area contributed by atoms with Crippen molar-refractivity contribution < 1.29 is 27.6 Å². The molecule has 1 aliphatic heterocycles. The van der Waals surface area contributed by atoms with Crippen molar-refractivity contribution in [2.75, 3.05) is 38.2 Å². The largest absolute Gasteiger partial charge is 0.495 e. The van der Waals surface area contributed by atoms with E-state index in [0.717, 1.165) is 12.1 Å². The lowest BCUT2D eigenvalue weighted by Gasteiger charge is -2.37. The molecule has 0 aliphatic carbocycles. The summed E-state index contributed by atoms with van der Waals surface area (Å²) in [6.07, 6.45) is -4.68. The molecule has 0 saturated carbocycles. The van der Waals surface area contributed by atoms with E-state index in [9.17, 15) is 28.1 Å². The van der Waals surface area contributed by atoms with Crippen molar-refractivity contribution in [1.82, 2.24) is 10.2 Å². The van der Waals surface area contributed by atoms with Gasteiger partial charge in [0, 0.05) is 37.8 Å². The Kier molecular flexibility index (Phi) is 7.28. The number of ether oxygens (including phenoxy) is 1. The first-order chi connectivity index (χ1) is 15.5. The summed E-state index contributed by atoms with van der Waals surface area (Å²) in [5, 5.41) is 14.4. The van der Waals surface area contributed by atoms with Crippen molar-refractivity contribution >= 4 is 46.2 Å². The number of thiocarbonyl (C=S) groups is 1. The number of nitro groups is 1. The molecule has 3 rings (SSSR count). The molecule has 0 bridgehead atoms. The van der Waals surface area contributed by atoms with Crippen LogP contribution >= 0.6 is 23.8 Å². The van der Waals surface area contributed by atoms with Crippen molar-refractivity contribution in [3.63, 3.8) is 0 Å². The third-order valence-corrected chi connectivity index (χ3v) is 5.70. The van der Waals surface area contributed by atoms with E-state index in [-0.39, 0.29) is 34.5 Å². The molecule has 1 N–H and O–H groups in total. The highest BCUT2D eigenvalue weighted by molar-refractivity contribution is 7.80. The first-order valence-electron chi connectivity index (χ1n) is 9.55. The zero-order valence-electron chi connectivity index (χ0n) is 17.2. The zero-order valence-corrected chi connectivity index (χ0v) is 18.8. The van der Waals surface area contributed by atoms with E-state index in [1.54, 1.807) is 15.9 Å². The maximum atomic E-state index is 12.9. The second-order valence-electron chi connectivity index (χ2n) is 7.04. The summed E-state index contributed by atoms with van der Waals surface area (Å²) < 4.78 is 43.8. The Morgan fingerprint density at radius 3 is 2.39 bits per heavy atom. The molecule has 176 valence electrons. The molecule has 0 atom stereocenters. The molecule has 0 radical (unpaired) electrons. The van der Waals surface area contributed by atoms with Gasteiger partial charge in [-0.15, -0.1) is 0 Å². The van der Waals surface area contributed by atoms with Crippen LogP contribution in [-0.2, 0) is 6.18 Å². The van der Waals surface area contributed by atoms with Gasteiger partial charge in [0.15, 0.2) is 5.11 Å². The number of anilines is 1. The molecular weight excluding hydrogens is 485 g/mol. The van der Waals surface area contributed by atoms with Crippen LogP contribution in [-0.4, -0.2) is 54.1 Å². The summed E-state index contributed by atoms with van der Waals surface area (Å²) in [6.45, 7) is 1.13.